The van der Waals surface area contributed by atoms with Crippen LogP contribution in [0.1, 0.15) is 44.1 Å². The maximum atomic E-state index is 5.66. The molecule has 2 aromatic rings. The number of anilines is 1. The van der Waals surface area contributed by atoms with Crippen LogP contribution in [0.5, 0.6) is 5.75 Å². The van der Waals surface area contributed by atoms with Gasteiger partial charge in [-0.05, 0) is 57.0 Å². The Bertz CT molecular complexity index is 557. The Morgan fingerprint density at radius 1 is 1.20 bits per heavy atom. The van der Waals surface area contributed by atoms with Crippen molar-refractivity contribution in [2.24, 2.45) is 0 Å². The van der Waals surface area contributed by atoms with Crippen molar-refractivity contribution in [1.29, 1.82) is 0 Å². The van der Waals surface area contributed by atoms with Crippen molar-refractivity contribution in [3.63, 3.8) is 0 Å². The SMILES string of the molecule is CC(C)Oc1ccc(NC2CCCc3occc32)cc1. The summed E-state index contributed by atoms with van der Waals surface area (Å²) in [4.78, 5) is 0. The highest BCUT2D eigenvalue weighted by molar-refractivity contribution is 5.49. The van der Waals surface area contributed by atoms with Crippen molar-refractivity contribution in [3.05, 3.63) is 47.9 Å². The molecule has 3 heteroatoms. The molecule has 0 bridgehead atoms. The summed E-state index contributed by atoms with van der Waals surface area (Å²) in [6.07, 6.45) is 5.38. The van der Waals surface area contributed by atoms with Crippen LogP contribution < -0.4 is 10.1 Å². The Kier molecular flexibility index (Phi) is 3.68. The van der Waals surface area contributed by atoms with Crippen LogP contribution >= 0.6 is 0 Å². The molecule has 0 aliphatic heterocycles. The quantitative estimate of drug-likeness (QED) is 0.885. The minimum atomic E-state index is 0.209. The van der Waals surface area contributed by atoms with Gasteiger partial charge in [0.2, 0.25) is 0 Å². The van der Waals surface area contributed by atoms with Crippen LogP contribution in [-0.2, 0) is 6.42 Å². The van der Waals surface area contributed by atoms with Gasteiger partial charge in [-0.2, -0.15) is 0 Å². The summed E-state index contributed by atoms with van der Waals surface area (Å²) in [5.41, 5.74) is 2.43. The number of aryl methyl sites for hydroxylation is 1. The molecule has 0 spiro atoms. The Labute approximate surface area is 119 Å². The molecule has 3 rings (SSSR count). The van der Waals surface area contributed by atoms with E-state index in [-0.39, 0.29) is 6.10 Å². The van der Waals surface area contributed by atoms with Gasteiger partial charge in [-0.3, -0.25) is 0 Å². The van der Waals surface area contributed by atoms with E-state index >= 15 is 0 Å². The number of benzene rings is 1. The predicted octanol–water partition coefficient (Wildman–Crippen LogP) is 4.56. The number of furan rings is 1. The minimum Gasteiger partial charge on any atom is -0.491 e. The van der Waals surface area contributed by atoms with Gasteiger partial charge in [-0.1, -0.05) is 0 Å². The van der Waals surface area contributed by atoms with Crippen LogP contribution in [0.2, 0.25) is 0 Å². The summed E-state index contributed by atoms with van der Waals surface area (Å²) in [5, 5.41) is 3.59. The number of hydrogen-bond acceptors (Lipinski definition) is 3. The minimum absolute atomic E-state index is 0.209. The van der Waals surface area contributed by atoms with Gasteiger partial charge in [0.15, 0.2) is 0 Å². The summed E-state index contributed by atoms with van der Waals surface area (Å²) < 4.78 is 11.2. The monoisotopic (exact) mass is 271 g/mol. The number of rotatable bonds is 4. The van der Waals surface area contributed by atoms with Crippen molar-refractivity contribution in [1.82, 2.24) is 0 Å². The van der Waals surface area contributed by atoms with Crippen molar-refractivity contribution >= 4 is 5.69 Å². The highest BCUT2D eigenvalue weighted by atomic mass is 16.5. The highest BCUT2D eigenvalue weighted by Crippen LogP contribution is 2.33. The van der Waals surface area contributed by atoms with E-state index in [4.69, 9.17) is 9.15 Å². The standard InChI is InChI=1S/C17H21NO2/c1-12(2)20-14-8-6-13(7-9-14)18-16-4-3-5-17-15(16)10-11-19-17/h6-12,16,18H,3-5H2,1-2H3. The second-order valence-corrected chi connectivity index (χ2v) is 5.58. The molecular weight excluding hydrogens is 250 g/mol. The Morgan fingerprint density at radius 3 is 2.75 bits per heavy atom. The Morgan fingerprint density at radius 2 is 2.00 bits per heavy atom. The van der Waals surface area contributed by atoms with E-state index < -0.39 is 0 Å². The molecule has 1 N–H and O–H groups in total. The first-order chi connectivity index (χ1) is 9.72. The van der Waals surface area contributed by atoms with Gasteiger partial charge in [0.25, 0.3) is 0 Å². The maximum Gasteiger partial charge on any atom is 0.119 e. The van der Waals surface area contributed by atoms with E-state index in [9.17, 15) is 0 Å². The van der Waals surface area contributed by atoms with E-state index in [1.54, 1.807) is 6.26 Å². The molecule has 1 heterocycles. The third-order valence-electron chi connectivity index (χ3n) is 3.62. The molecule has 1 aromatic carbocycles. The largest absolute Gasteiger partial charge is 0.491 e. The second kappa shape index (κ2) is 5.61. The van der Waals surface area contributed by atoms with Crippen molar-refractivity contribution in [3.8, 4) is 5.75 Å². The van der Waals surface area contributed by atoms with Gasteiger partial charge in [-0.15, -0.1) is 0 Å². The average Bonchev–Trinajstić information content (AvgIpc) is 2.90. The molecule has 0 radical (unpaired) electrons. The molecule has 3 nitrogen and oxygen atoms in total. The summed E-state index contributed by atoms with van der Waals surface area (Å²) in [6, 6.07) is 10.6. The molecular formula is C17H21NO2. The average molecular weight is 271 g/mol. The smallest absolute Gasteiger partial charge is 0.119 e. The first-order valence-electron chi connectivity index (χ1n) is 7.32. The van der Waals surface area contributed by atoms with E-state index in [2.05, 4.69) is 23.5 Å². The van der Waals surface area contributed by atoms with Gasteiger partial charge in [-0.25, -0.2) is 0 Å². The zero-order valence-electron chi connectivity index (χ0n) is 12.1. The van der Waals surface area contributed by atoms with Crippen LogP contribution in [0.3, 0.4) is 0 Å². The van der Waals surface area contributed by atoms with E-state index in [1.807, 2.05) is 26.0 Å². The fourth-order valence-corrected chi connectivity index (χ4v) is 2.74. The van der Waals surface area contributed by atoms with Crippen LogP contribution in [0.25, 0.3) is 0 Å². The fraction of sp³-hybridized carbons (Fsp3) is 0.412. The van der Waals surface area contributed by atoms with Crippen LogP contribution in [0.4, 0.5) is 5.69 Å². The lowest BCUT2D eigenvalue weighted by atomic mass is 9.93. The summed E-state index contributed by atoms with van der Waals surface area (Å²) in [5.74, 6) is 2.05. The lowest BCUT2D eigenvalue weighted by Gasteiger charge is -2.24. The van der Waals surface area contributed by atoms with Crippen molar-refractivity contribution in [2.45, 2.75) is 45.3 Å². The van der Waals surface area contributed by atoms with Crippen LogP contribution in [-0.4, -0.2) is 6.10 Å². The van der Waals surface area contributed by atoms with Gasteiger partial charge in [0.05, 0.1) is 18.4 Å². The van der Waals surface area contributed by atoms with Gasteiger partial charge in [0, 0.05) is 17.7 Å². The third-order valence-corrected chi connectivity index (χ3v) is 3.62. The number of hydrogen-bond donors (Lipinski definition) is 1. The van der Waals surface area contributed by atoms with Gasteiger partial charge < -0.3 is 14.5 Å². The number of fused-ring (bicyclic) bond motifs is 1. The van der Waals surface area contributed by atoms with Crippen molar-refractivity contribution < 1.29 is 9.15 Å². The molecule has 1 aliphatic rings. The molecule has 0 amide bonds. The van der Waals surface area contributed by atoms with Gasteiger partial charge >= 0.3 is 0 Å². The number of nitrogens with one attached hydrogen (secondary N) is 1. The summed E-state index contributed by atoms with van der Waals surface area (Å²) in [6.45, 7) is 4.07. The Balaban J connectivity index is 1.70. The second-order valence-electron chi connectivity index (χ2n) is 5.58. The molecule has 20 heavy (non-hydrogen) atoms. The van der Waals surface area contributed by atoms with E-state index in [1.165, 1.54) is 12.0 Å². The van der Waals surface area contributed by atoms with E-state index in [0.29, 0.717) is 6.04 Å². The lowest BCUT2D eigenvalue weighted by molar-refractivity contribution is 0.242. The Hall–Kier alpha value is -1.90. The first kappa shape index (κ1) is 13.1. The molecule has 1 unspecified atom stereocenters. The molecule has 106 valence electrons. The van der Waals surface area contributed by atoms with Crippen molar-refractivity contribution in [2.75, 3.05) is 5.32 Å². The third kappa shape index (κ3) is 2.82. The fourth-order valence-electron chi connectivity index (χ4n) is 2.74. The summed E-state index contributed by atoms with van der Waals surface area (Å²) >= 11 is 0. The molecule has 0 fully saturated rings. The normalized spacial score (nSPS) is 17.9. The zero-order valence-corrected chi connectivity index (χ0v) is 12.1. The zero-order chi connectivity index (χ0) is 13.9. The highest BCUT2D eigenvalue weighted by Gasteiger charge is 2.22. The van der Waals surface area contributed by atoms with Crippen LogP contribution in [0.15, 0.2) is 41.0 Å². The van der Waals surface area contributed by atoms with Crippen LogP contribution in [0, 0.1) is 0 Å². The van der Waals surface area contributed by atoms with E-state index in [0.717, 1.165) is 30.0 Å². The molecule has 1 aliphatic carbocycles. The topological polar surface area (TPSA) is 34.4 Å². The number of ether oxygens (including phenoxy) is 1. The molecule has 0 saturated heterocycles. The van der Waals surface area contributed by atoms with Gasteiger partial charge in [0.1, 0.15) is 11.5 Å². The molecule has 1 atom stereocenters. The maximum absolute atomic E-state index is 5.66. The predicted molar refractivity (Wildman–Crippen MR) is 80.2 cm³/mol. The lowest BCUT2D eigenvalue weighted by Crippen LogP contribution is -2.15. The summed E-state index contributed by atoms with van der Waals surface area (Å²) in [7, 11) is 0. The molecule has 1 aromatic heterocycles. The first-order valence-corrected chi connectivity index (χ1v) is 7.32. The molecule has 0 saturated carbocycles.